The van der Waals surface area contributed by atoms with Crippen molar-refractivity contribution in [2.24, 2.45) is 0 Å². The average Bonchev–Trinajstić information content (AvgIpc) is 2.72. The largest absolute Gasteiger partial charge is 0.492 e. The summed E-state index contributed by atoms with van der Waals surface area (Å²) in [6.45, 7) is 1.95. The van der Waals surface area contributed by atoms with Gasteiger partial charge in [0, 0.05) is 10.6 Å². The second kappa shape index (κ2) is 5.37. The van der Waals surface area contributed by atoms with E-state index in [2.05, 4.69) is 4.98 Å². The van der Waals surface area contributed by atoms with E-state index in [-0.39, 0.29) is 17.4 Å². The zero-order valence-corrected chi connectivity index (χ0v) is 11.1. The Morgan fingerprint density at radius 1 is 1.56 bits per heavy atom. The van der Waals surface area contributed by atoms with Crippen LogP contribution in [0.5, 0.6) is 5.88 Å². The van der Waals surface area contributed by atoms with E-state index < -0.39 is 5.97 Å². The van der Waals surface area contributed by atoms with Gasteiger partial charge in [0.05, 0.1) is 6.61 Å². The second-order valence-corrected chi connectivity index (χ2v) is 4.84. The number of aromatic nitrogens is 1. The summed E-state index contributed by atoms with van der Waals surface area (Å²) >= 11 is 6.95. The Labute approximate surface area is 113 Å². The molecule has 0 radical (unpaired) electrons. The highest BCUT2D eigenvalue weighted by atomic mass is 35.5. The van der Waals surface area contributed by atoms with Crippen LogP contribution in [0.2, 0.25) is 5.02 Å². The standard InChI is InChI=1S/C12H10ClNO3S/c1-2-17-12(16)9-10(15)14-11(18-9)7-4-3-5-8(13)6-7/h3-6,15H,2H2,1H3. The highest BCUT2D eigenvalue weighted by Gasteiger charge is 2.19. The maximum Gasteiger partial charge on any atom is 0.353 e. The van der Waals surface area contributed by atoms with Gasteiger partial charge in [0.1, 0.15) is 5.01 Å². The van der Waals surface area contributed by atoms with Gasteiger partial charge in [-0.05, 0) is 19.1 Å². The molecule has 0 saturated carbocycles. The number of nitrogens with zero attached hydrogens (tertiary/aromatic N) is 1. The Bertz CT molecular complexity index is 582. The maximum absolute atomic E-state index is 11.5. The number of hydrogen-bond donors (Lipinski definition) is 1. The summed E-state index contributed by atoms with van der Waals surface area (Å²) in [6, 6.07) is 7.04. The molecule has 1 aromatic carbocycles. The number of ether oxygens (including phenoxy) is 1. The van der Waals surface area contributed by atoms with Crippen molar-refractivity contribution in [3.05, 3.63) is 34.2 Å². The van der Waals surface area contributed by atoms with E-state index in [9.17, 15) is 9.90 Å². The molecule has 94 valence electrons. The highest BCUT2D eigenvalue weighted by Crippen LogP contribution is 2.33. The Morgan fingerprint density at radius 2 is 2.33 bits per heavy atom. The molecule has 4 nitrogen and oxygen atoms in total. The number of aromatic hydroxyl groups is 1. The van der Waals surface area contributed by atoms with Crippen LogP contribution in [0.1, 0.15) is 16.6 Å². The minimum absolute atomic E-state index is 0.104. The van der Waals surface area contributed by atoms with Crippen LogP contribution in [-0.2, 0) is 4.74 Å². The number of esters is 1. The Kier molecular flexibility index (Phi) is 3.84. The summed E-state index contributed by atoms with van der Waals surface area (Å²) in [5.74, 6) is -0.880. The predicted molar refractivity (Wildman–Crippen MR) is 70.2 cm³/mol. The third-order valence-corrected chi connectivity index (χ3v) is 3.45. The van der Waals surface area contributed by atoms with Crippen molar-refractivity contribution in [1.29, 1.82) is 0 Å². The summed E-state index contributed by atoms with van der Waals surface area (Å²) in [4.78, 5) is 15.6. The molecule has 6 heteroatoms. The van der Waals surface area contributed by atoms with E-state index in [0.29, 0.717) is 10.0 Å². The van der Waals surface area contributed by atoms with Gasteiger partial charge in [-0.15, -0.1) is 11.3 Å². The van der Waals surface area contributed by atoms with Crippen LogP contribution in [0.4, 0.5) is 0 Å². The van der Waals surface area contributed by atoms with Crippen LogP contribution in [0.15, 0.2) is 24.3 Å². The fourth-order valence-corrected chi connectivity index (χ4v) is 2.43. The number of carbonyl (C=O) groups excluding carboxylic acids is 1. The molecule has 0 atom stereocenters. The van der Waals surface area contributed by atoms with Gasteiger partial charge >= 0.3 is 5.97 Å². The quantitative estimate of drug-likeness (QED) is 0.878. The monoisotopic (exact) mass is 283 g/mol. The molecule has 18 heavy (non-hydrogen) atoms. The minimum Gasteiger partial charge on any atom is -0.492 e. The van der Waals surface area contributed by atoms with Crippen molar-refractivity contribution < 1.29 is 14.6 Å². The second-order valence-electron chi connectivity index (χ2n) is 3.40. The normalized spacial score (nSPS) is 10.3. The van der Waals surface area contributed by atoms with E-state index in [1.54, 1.807) is 31.2 Å². The Balaban J connectivity index is 2.37. The van der Waals surface area contributed by atoms with Crippen molar-refractivity contribution in [2.75, 3.05) is 6.61 Å². The molecule has 0 amide bonds. The molecule has 1 N–H and O–H groups in total. The molecule has 2 aromatic rings. The molecule has 1 aromatic heterocycles. The molecular weight excluding hydrogens is 274 g/mol. The fourth-order valence-electron chi connectivity index (χ4n) is 1.39. The lowest BCUT2D eigenvalue weighted by Gasteiger charge is -1.97. The van der Waals surface area contributed by atoms with Crippen LogP contribution in [0.3, 0.4) is 0 Å². The van der Waals surface area contributed by atoms with E-state index >= 15 is 0 Å². The van der Waals surface area contributed by atoms with Crippen LogP contribution < -0.4 is 0 Å². The van der Waals surface area contributed by atoms with Gasteiger partial charge in [0.15, 0.2) is 4.88 Å². The molecule has 0 aliphatic rings. The first-order valence-corrected chi connectivity index (χ1v) is 6.44. The van der Waals surface area contributed by atoms with E-state index in [1.807, 2.05) is 0 Å². The summed E-state index contributed by atoms with van der Waals surface area (Å²) in [5.41, 5.74) is 0.748. The van der Waals surface area contributed by atoms with Crippen molar-refractivity contribution in [3.8, 4) is 16.5 Å². The van der Waals surface area contributed by atoms with Gasteiger partial charge in [-0.1, -0.05) is 23.7 Å². The number of rotatable bonds is 3. The van der Waals surface area contributed by atoms with Crippen LogP contribution >= 0.6 is 22.9 Å². The van der Waals surface area contributed by atoms with Crippen molar-refractivity contribution in [1.82, 2.24) is 4.98 Å². The molecule has 0 saturated heterocycles. The molecule has 0 aliphatic heterocycles. The van der Waals surface area contributed by atoms with Crippen LogP contribution in [0, 0.1) is 0 Å². The molecule has 0 aliphatic carbocycles. The lowest BCUT2D eigenvalue weighted by atomic mass is 10.2. The maximum atomic E-state index is 11.5. The topological polar surface area (TPSA) is 59.4 Å². The van der Waals surface area contributed by atoms with E-state index in [4.69, 9.17) is 16.3 Å². The van der Waals surface area contributed by atoms with Crippen molar-refractivity contribution >= 4 is 28.9 Å². The molecule has 0 spiro atoms. The molecular formula is C12H10ClNO3S. The lowest BCUT2D eigenvalue weighted by Crippen LogP contribution is -2.02. The zero-order chi connectivity index (χ0) is 13.1. The first-order chi connectivity index (χ1) is 8.61. The molecule has 0 fully saturated rings. The van der Waals surface area contributed by atoms with Gasteiger partial charge in [-0.25, -0.2) is 9.78 Å². The van der Waals surface area contributed by atoms with Crippen LogP contribution in [0.25, 0.3) is 10.6 Å². The predicted octanol–water partition coefficient (Wildman–Crippen LogP) is 3.35. The minimum atomic E-state index is -0.569. The van der Waals surface area contributed by atoms with Gasteiger partial charge < -0.3 is 9.84 Å². The SMILES string of the molecule is CCOC(=O)c1sc(-c2cccc(Cl)c2)nc1O. The summed E-state index contributed by atoms with van der Waals surface area (Å²) < 4.78 is 4.83. The molecule has 2 rings (SSSR count). The van der Waals surface area contributed by atoms with Gasteiger partial charge in [0.2, 0.25) is 5.88 Å². The van der Waals surface area contributed by atoms with Gasteiger partial charge in [-0.2, -0.15) is 0 Å². The van der Waals surface area contributed by atoms with Crippen molar-refractivity contribution in [3.63, 3.8) is 0 Å². The van der Waals surface area contributed by atoms with Crippen molar-refractivity contribution in [2.45, 2.75) is 6.92 Å². The lowest BCUT2D eigenvalue weighted by molar-refractivity contribution is 0.0528. The van der Waals surface area contributed by atoms with Crippen LogP contribution in [-0.4, -0.2) is 22.7 Å². The summed E-state index contributed by atoms with van der Waals surface area (Å²) in [6.07, 6.45) is 0. The van der Waals surface area contributed by atoms with E-state index in [1.165, 1.54) is 0 Å². The Morgan fingerprint density at radius 3 is 3.00 bits per heavy atom. The first kappa shape index (κ1) is 12.9. The third kappa shape index (κ3) is 2.63. The first-order valence-electron chi connectivity index (χ1n) is 5.24. The van der Waals surface area contributed by atoms with Gasteiger partial charge in [0.25, 0.3) is 0 Å². The number of thiazole rings is 1. The highest BCUT2D eigenvalue weighted by molar-refractivity contribution is 7.17. The number of benzene rings is 1. The summed E-state index contributed by atoms with van der Waals surface area (Å²) in [7, 11) is 0. The summed E-state index contributed by atoms with van der Waals surface area (Å²) in [5, 5.41) is 10.7. The Hall–Kier alpha value is -1.59. The fraction of sp³-hybridized carbons (Fsp3) is 0.167. The average molecular weight is 284 g/mol. The third-order valence-electron chi connectivity index (χ3n) is 2.14. The molecule has 0 unspecified atom stereocenters. The smallest absolute Gasteiger partial charge is 0.353 e. The van der Waals surface area contributed by atoms with E-state index in [0.717, 1.165) is 16.9 Å². The zero-order valence-electron chi connectivity index (χ0n) is 9.51. The number of carbonyl (C=O) groups is 1. The molecule has 1 heterocycles. The number of halogens is 1. The van der Waals surface area contributed by atoms with Gasteiger partial charge in [-0.3, -0.25) is 0 Å². The molecule has 0 bridgehead atoms. The number of hydrogen-bond acceptors (Lipinski definition) is 5.